The van der Waals surface area contributed by atoms with Crippen molar-refractivity contribution in [2.45, 2.75) is 19.8 Å². The summed E-state index contributed by atoms with van der Waals surface area (Å²) in [7, 11) is 0. The Morgan fingerprint density at radius 1 is 1.53 bits per heavy atom. The predicted octanol–water partition coefficient (Wildman–Crippen LogP) is 3.10. The summed E-state index contributed by atoms with van der Waals surface area (Å²) in [5.41, 5.74) is 2.15. The molecular formula is C13H12BrFN2O2. The van der Waals surface area contributed by atoms with E-state index in [0.717, 1.165) is 11.3 Å². The number of carbonyl (C=O) groups is 1. The minimum atomic E-state index is -0.857. The van der Waals surface area contributed by atoms with Crippen LogP contribution in [0.25, 0.3) is 5.69 Å². The number of nitrogens with zero attached hydrogens (tertiary/aromatic N) is 2. The third-order valence-corrected chi connectivity index (χ3v) is 3.58. The quantitative estimate of drug-likeness (QED) is 0.939. The predicted molar refractivity (Wildman–Crippen MR) is 71.9 cm³/mol. The van der Waals surface area contributed by atoms with E-state index in [4.69, 9.17) is 5.11 Å². The van der Waals surface area contributed by atoms with Gasteiger partial charge in [0.15, 0.2) is 0 Å². The minimum absolute atomic E-state index is 0.0360. The van der Waals surface area contributed by atoms with Crippen LogP contribution in [0.2, 0.25) is 0 Å². The third-order valence-electron chi connectivity index (χ3n) is 2.76. The van der Waals surface area contributed by atoms with Crippen LogP contribution in [-0.4, -0.2) is 20.9 Å². The van der Waals surface area contributed by atoms with Crippen molar-refractivity contribution in [2.24, 2.45) is 0 Å². The molecule has 6 heteroatoms. The van der Waals surface area contributed by atoms with Gasteiger partial charge in [0.05, 0.1) is 11.4 Å². The van der Waals surface area contributed by atoms with Gasteiger partial charge >= 0.3 is 5.97 Å². The van der Waals surface area contributed by atoms with Gasteiger partial charge in [-0.2, -0.15) is 5.10 Å². The molecule has 1 aromatic heterocycles. The molecule has 0 unspecified atom stereocenters. The summed E-state index contributed by atoms with van der Waals surface area (Å²) in [6, 6.07) is 6.07. The van der Waals surface area contributed by atoms with E-state index in [-0.39, 0.29) is 12.2 Å². The average Bonchev–Trinajstić information content (AvgIpc) is 2.62. The van der Waals surface area contributed by atoms with E-state index in [1.54, 1.807) is 23.7 Å². The molecule has 2 aromatic rings. The Morgan fingerprint density at radius 2 is 2.26 bits per heavy atom. The van der Waals surface area contributed by atoms with E-state index >= 15 is 0 Å². The first-order valence-electron chi connectivity index (χ1n) is 5.70. The molecule has 100 valence electrons. The molecule has 2 rings (SSSR count). The van der Waals surface area contributed by atoms with Crippen LogP contribution < -0.4 is 0 Å². The fourth-order valence-corrected chi connectivity index (χ4v) is 2.60. The highest BCUT2D eigenvalue weighted by Crippen LogP contribution is 2.25. The highest BCUT2D eigenvalue weighted by Gasteiger charge is 2.15. The lowest BCUT2D eigenvalue weighted by molar-refractivity contribution is -0.136. The van der Waals surface area contributed by atoms with Gasteiger partial charge in [-0.25, -0.2) is 9.07 Å². The monoisotopic (exact) mass is 326 g/mol. The maximum absolute atomic E-state index is 13.2. The molecular weight excluding hydrogens is 315 g/mol. The van der Waals surface area contributed by atoms with Gasteiger partial charge in [0, 0.05) is 12.0 Å². The van der Waals surface area contributed by atoms with Crippen LogP contribution >= 0.6 is 15.9 Å². The second-order valence-corrected chi connectivity index (χ2v) is 4.89. The number of aromatic nitrogens is 2. The van der Waals surface area contributed by atoms with Crippen molar-refractivity contribution in [2.75, 3.05) is 0 Å². The van der Waals surface area contributed by atoms with E-state index in [0.29, 0.717) is 16.7 Å². The Bertz CT molecular complexity index is 625. The highest BCUT2D eigenvalue weighted by molar-refractivity contribution is 9.10. The van der Waals surface area contributed by atoms with Crippen LogP contribution in [0.15, 0.2) is 28.9 Å². The summed E-state index contributed by atoms with van der Waals surface area (Å²) in [5.74, 6) is -1.20. The summed E-state index contributed by atoms with van der Waals surface area (Å²) in [6.07, 6.45) is 0.422. The first-order valence-corrected chi connectivity index (χ1v) is 6.50. The summed E-state index contributed by atoms with van der Waals surface area (Å²) >= 11 is 3.40. The Balaban J connectivity index is 2.38. The smallest absolute Gasteiger partial charge is 0.303 e. The zero-order chi connectivity index (χ0) is 14.0. The Kier molecular flexibility index (Phi) is 3.99. The Morgan fingerprint density at radius 3 is 2.89 bits per heavy atom. The molecule has 0 spiro atoms. The maximum Gasteiger partial charge on any atom is 0.303 e. The molecule has 0 aliphatic rings. The second kappa shape index (κ2) is 5.52. The number of halogens is 2. The normalized spacial score (nSPS) is 10.7. The summed E-state index contributed by atoms with van der Waals surface area (Å²) in [6.45, 7) is 1.80. The lowest BCUT2D eigenvalue weighted by Gasteiger charge is -2.03. The average molecular weight is 327 g/mol. The van der Waals surface area contributed by atoms with Gasteiger partial charge in [-0.15, -0.1) is 0 Å². The summed E-state index contributed by atoms with van der Waals surface area (Å²) in [5, 5.41) is 13.0. The number of carboxylic acid groups (broad SMARTS) is 1. The third kappa shape index (κ3) is 3.01. The molecule has 0 amide bonds. The molecule has 0 saturated heterocycles. The highest BCUT2D eigenvalue weighted by atomic mass is 79.9. The molecule has 0 bridgehead atoms. The fraction of sp³-hybridized carbons (Fsp3) is 0.231. The zero-order valence-corrected chi connectivity index (χ0v) is 11.8. The summed E-state index contributed by atoms with van der Waals surface area (Å²) in [4.78, 5) is 10.6. The van der Waals surface area contributed by atoms with E-state index < -0.39 is 5.97 Å². The van der Waals surface area contributed by atoms with Gasteiger partial charge in [-0.05, 0) is 47.5 Å². The number of rotatable bonds is 4. The lowest BCUT2D eigenvalue weighted by Crippen LogP contribution is -1.99. The standard InChI is InChI=1S/C13H12BrFN2O2/c1-8-11(5-6-12(18)19)13(14)17(16-8)10-4-2-3-9(15)7-10/h2-4,7H,5-6H2,1H3,(H,18,19). The minimum Gasteiger partial charge on any atom is -0.481 e. The molecule has 1 N–H and O–H groups in total. The molecule has 1 aromatic carbocycles. The van der Waals surface area contributed by atoms with E-state index in [1.165, 1.54) is 12.1 Å². The number of hydrogen-bond acceptors (Lipinski definition) is 2. The van der Waals surface area contributed by atoms with Crippen molar-refractivity contribution in [1.82, 2.24) is 9.78 Å². The Hall–Kier alpha value is -1.69. The van der Waals surface area contributed by atoms with Gasteiger partial charge in [-0.1, -0.05) is 6.07 Å². The van der Waals surface area contributed by atoms with Crippen molar-refractivity contribution in [1.29, 1.82) is 0 Å². The van der Waals surface area contributed by atoms with Crippen molar-refractivity contribution < 1.29 is 14.3 Å². The number of aryl methyl sites for hydroxylation is 1. The molecule has 0 aliphatic heterocycles. The van der Waals surface area contributed by atoms with Crippen molar-refractivity contribution in [3.8, 4) is 5.69 Å². The lowest BCUT2D eigenvalue weighted by atomic mass is 10.1. The number of benzene rings is 1. The van der Waals surface area contributed by atoms with Gasteiger partial charge in [0.1, 0.15) is 10.4 Å². The maximum atomic E-state index is 13.2. The van der Waals surface area contributed by atoms with E-state index in [2.05, 4.69) is 21.0 Å². The van der Waals surface area contributed by atoms with Crippen LogP contribution in [0.4, 0.5) is 4.39 Å². The van der Waals surface area contributed by atoms with Crippen molar-refractivity contribution in [3.63, 3.8) is 0 Å². The largest absolute Gasteiger partial charge is 0.481 e. The molecule has 1 heterocycles. The first kappa shape index (κ1) is 13.7. The van der Waals surface area contributed by atoms with Crippen LogP contribution in [0, 0.1) is 12.7 Å². The van der Waals surface area contributed by atoms with Gasteiger partial charge in [0.2, 0.25) is 0 Å². The molecule has 0 saturated carbocycles. The topological polar surface area (TPSA) is 55.1 Å². The van der Waals surface area contributed by atoms with Crippen LogP contribution in [0.5, 0.6) is 0 Å². The van der Waals surface area contributed by atoms with Crippen molar-refractivity contribution in [3.05, 3.63) is 45.9 Å². The number of carboxylic acids is 1. The molecule has 19 heavy (non-hydrogen) atoms. The van der Waals surface area contributed by atoms with Crippen LogP contribution in [0.3, 0.4) is 0 Å². The number of hydrogen-bond donors (Lipinski definition) is 1. The van der Waals surface area contributed by atoms with E-state index in [1.807, 2.05) is 0 Å². The molecule has 0 fully saturated rings. The van der Waals surface area contributed by atoms with Crippen LogP contribution in [-0.2, 0) is 11.2 Å². The first-order chi connectivity index (χ1) is 8.99. The molecule has 4 nitrogen and oxygen atoms in total. The van der Waals surface area contributed by atoms with Crippen molar-refractivity contribution >= 4 is 21.9 Å². The van der Waals surface area contributed by atoms with Gasteiger partial charge in [0.25, 0.3) is 0 Å². The zero-order valence-electron chi connectivity index (χ0n) is 10.2. The molecule has 0 aliphatic carbocycles. The Labute approximate surface area is 118 Å². The van der Waals surface area contributed by atoms with E-state index in [9.17, 15) is 9.18 Å². The molecule has 0 atom stereocenters. The second-order valence-electron chi connectivity index (χ2n) is 4.14. The summed E-state index contributed by atoms with van der Waals surface area (Å²) < 4.78 is 15.4. The van der Waals surface area contributed by atoms with Gasteiger partial charge in [-0.3, -0.25) is 4.79 Å². The SMILES string of the molecule is Cc1nn(-c2cccc(F)c2)c(Br)c1CCC(=O)O. The van der Waals surface area contributed by atoms with Gasteiger partial charge < -0.3 is 5.11 Å². The van der Waals surface area contributed by atoms with Crippen LogP contribution in [0.1, 0.15) is 17.7 Å². The fourth-order valence-electron chi connectivity index (χ4n) is 1.83. The number of aliphatic carboxylic acids is 1. The molecule has 0 radical (unpaired) electrons.